The van der Waals surface area contributed by atoms with Gasteiger partial charge in [0.25, 0.3) is 0 Å². The van der Waals surface area contributed by atoms with Gasteiger partial charge in [0.1, 0.15) is 0 Å². The van der Waals surface area contributed by atoms with E-state index >= 15 is 0 Å². The highest BCUT2D eigenvalue weighted by Gasteiger charge is 2.07. The van der Waals surface area contributed by atoms with Gasteiger partial charge in [-0.15, -0.1) is 11.8 Å². The van der Waals surface area contributed by atoms with Crippen molar-refractivity contribution in [1.82, 2.24) is 9.78 Å². The van der Waals surface area contributed by atoms with E-state index in [0.717, 1.165) is 29.6 Å². The maximum absolute atomic E-state index is 5.68. The summed E-state index contributed by atoms with van der Waals surface area (Å²) in [5, 5.41) is 5.65. The molecule has 3 nitrogen and oxygen atoms in total. The zero-order valence-electron chi connectivity index (χ0n) is 9.40. The van der Waals surface area contributed by atoms with Crippen LogP contribution in [0.15, 0.2) is 24.3 Å². The first-order valence-electron chi connectivity index (χ1n) is 5.41. The van der Waals surface area contributed by atoms with Gasteiger partial charge in [-0.05, 0) is 13.0 Å². The average molecular weight is 213 g/mol. The van der Waals surface area contributed by atoms with Crippen LogP contribution < -0.4 is 5.73 Å². The van der Waals surface area contributed by atoms with Crippen molar-refractivity contribution in [3.8, 4) is 11.8 Å². The van der Waals surface area contributed by atoms with E-state index in [0.29, 0.717) is 6.54 Å². The Balaban J connectivity index is 2.39. The van der Waals surface area contributed by atoms with Crippen molar-refractivity contribution in [3.05, 3.63) is 30.0 Å². The SMILES string of the molecule is CC#CCCn1nc(CN)c2ccccc21. The number of nitrogens with two attached hydrogens (primary N) is 1. The quantitative estimate of drug-likeness (QED) is 0.791. The van der Waals surface area contributed by atoms with E-state index in [1.54, 1.807) is 0 Å². The van der Waals surface area contributed by atoms with Crippen molar-refractivity contribution < 1.29 is 0 Å². The van der Waals surface area contributed by atoms with Gasteiger partial charge in [0, 0.05) is 18.4 Å². The monoisotopic (exact) mass is 213 g/mol. The molecule has 3 heteroatoms. The van der Waals surface area contributed by atoms with Crippen LogP contribution in [0.4, 0.5) is 0 Å². The predicted octanol–water partition coefficient (Wildman–Crippen LogP) is 1.91. The fraction of sp³-hybridized carbons (Fsp3) is 0.308. The molecule has 0 atom stereocenters. The van der Waals surface area contributed by atoms with Gasteiger partial charge in [-0.2, -0.15) is 5.10 Å². The second kappa shape index (κ2) is 4.82. The van der Waals surface area contributed by atoms with Gasteiger partial charge >= 0.3 is 0 Å². The molecule has 1 aromatic heterocycles. The van der Waals surface area contributed by atoms with E-state index in [2.05, 4.69) is 29.1 Å². The van der Waals surface area contributed by atoms with Crippen LogP contribution in [0.5, 0.6) is 0 Å². The summed E-state index contributed by atoms with van der Waals surface area (Å²) in [6.07, 6.45) is 0.826. The van der Waals surface area contributed by atoms with Gasteiger partial charge in [-0.1, -0.05) is 18.2 Å². The first kappa shape index (κ1) is 10.7. The Morgan fingerprint density at radius 1 is 1.38 bits per heavy atom. The maximum atomic E-state index is 5.68. The van der Waals surface area contributed by atoms with Gasteiger partial charge in [0.2, 0.25) is 0 Å². The lowest BCUT2D eigenvalue weighted by Gasteiger charge is -1.98. The fourth-order valence-electron chi connectivity index (χ4n) is 1.80. The molecule has 0 spiro atoms. The highest BCUT2D eigenvalue weighted by Crippen LogP contribution is 2.17. The number of nitrogens with zero attached hydrogens (tertiary/aromatic N) is 2. The summed E-state index contributed by atoms with van der Waals surface area (Å²) >= 11 is 0. The topological polar surface area (TPSA) is 43.8 Å². The third-order valence-corrected chi connectivity index (χ3v) is 2.55. The van der Waals surface area contributed by atoms with Gasteiger partial charge in [-0.25, -0.2) is 0 Å². The normalized spacial score (nSPS) is 10.1. The minimum absolute atomic E-state index is 0.479. The molecule has 0 aliphatic heterocycles. The van der Waals surface area contributed by atoms with Crippen LogP contribution >= 0.6 is 0 Å². The van der Waals surface area contributed by atoms with Crippen molar-refractivity contribution in [2.24, 2.45) is 5.73 Å². The second-order valence-corrected chi connectivity index (χ2v) is 3.57. The lowest BCUT2D eigenvalue weighted by atomic mass is 10.2. The summed E-state index contributed by atoms with van der Waals surface area (Å²) < 4.78 is 1.99. The first-order valence-corrected chi connectivity index (χ1v) is 5.41. The second-order valence-electron chi connectivity index (χ2n) is 3.57. The smallest absolute Gasteiger partial charge is 0.0838 e. The number of benzene rings is 1. The van der Waals surface area contributed by atoms with E-state index in [-0.39, 0.29) is 0 Å². The van der Waals surface area contributed by atoms with Gasteiger partial charge in [0.15, 0.2) is 0 Å². The van der Waals surface area contributed by atoms with Gasteiger partial charge < -0.3 is 5.73 Å². The number of rotatable bonds is 3. The Hall–Kier alpha value is -1.79. The molecule has 2 aromatic rings. The molecule has 16 heavy (non-hydrogen) atoms. The third-order valence-electron chi connectivity index (χ3n) is 2.55. The van der Waals surface area contributed by atoms with Crippen LogP contribution in [-0.4, -0.2) is 9.78 Å². The molecule has 0 aliphatic carbocycles. The first-order chi connectivity index (χ1) is 7.86. The number of para-hydroxylation sites is 1. The number of hydrogen-bond donors (Lipinski definition) is 1. The molecule has 0 saturated carbocycles. The molecule has 2 rings (SSSR count). The minimum atomic E-state index is 0.479. The molecular formula is C13H15N3. The summed E-state index contributed by atoms with van der Waals surface area (Å²) in [6.45, 7) is 3.15. The molecule has 1 aromatic carbocycles. The Morgan fingerprint density at radius 3 is 2.94 bits per heavy atom. The van der Waals surface area contributed by atoms with Crippen LogP contribution in [0.3, 0.4) is 0 Å². The number of aromatic nitrogens is 2. The molecule has 0 unspecified atom stereocenters. The van der Waals surface area contributed by atoms with Crippen LogP contribution in [0.25, 0.3) is 10.9 Å². The van der Waals surface area contributed by atoms with Crippen LogP contribution in [0.1, 0.15) is 19.0 Å². The largest absolute Gasteiger partial charge is 0.325 e. The average Bonchev–Trinajstić information content (AvgIpc) is 2.68. The standard InChI is InChI=1S/C13H15N3/c1-2-3-6-9-16-13-8-5-4-7-11(13)12(10-14)15-16/h4-5,7-8H,6,9-10,14H2,1H3. The number of aryl methyl sites for hydroxylation is 1. The van der Waals surface area contributed by atoms with Gasteiger partial charge in [0.05, 0.1) is 17.8 Å². The molecular weight excluding hydrogens is 198 g/mol. The summed E-state index contributed by atoms with van der Waals surface area (Å²) in [5.41, 5.74) is 7.78. The lowest BCUT2D eigenvalue weighted by Crippen LogP contribution is -2.02. The Bertz CT molecular complexity index is 543. The van der Waals surface area contributed by atoms with Crippen molar-refractivity contribution in [3.63, 3.8) is 0 Å². The van der Waals surface area contributed by atoms with E-state index in [9.17, 15) is 0 Å². The predicted molar refractivity (Wildman–Crippen MR) is 65.7 cm³/mol. The molecule has 82 valence electrons. The van der Waals surface area contributed by atoms with E-state index in [1.807, 2.05) is 23.7 Å². The van der Waals surface area contributed by atoms with Crippen LogP contribution in [-0.2, 0) is 13.1 Å². The summed E-state index contributed by atoms with van der Waals surface area (Å²) in [7, 11) is 0. The molecule has 0 saturated heterocycles. The van der Waals surface area contributed by atoms with E-state index in [1.165, 1.54) is 0 Å². The molecule has 0 aliphatic rings. The summed E-state index contributed by atoms with van der Waals surface area (Å²) in [6, 6.07) is 8.17. The molecule has 1 heterocycles. The van der Waals surface area contributed by atoms with Crippen LogP contribution in [0, 0.1) is 11.8 Å². The van der Waals surface area contributed by atoms with Crippen molar-refractivity contribution in [1.29, 1.82) is 0 Å². The fourth-order valence-corrected chi connectivity index (χ4v) is 1.80. The summed E-state index contributed by atoms with van der Waals surface area (Å²) in [4.78, 5) is 0. The zero-order chi connectivity index (χ0) is 11.4. The van der Waals surface area contributed by atoms with E-state index < -0.39 is 0 Å². The molecule has 0 amide bonds. The number of hydrogen-bond acceptors (Lipinski definition) is 2. The zero-order valence-corrected chi connectivity index (χ0v) is 9.40. The molecule has 0 radical (unpaired) electrons. The highest BCUT2D eigenvalue weighted by atomic mass is 15.3. The third kappa shape index (κ3) is 1.93. The number of fused-ring (bicyclic) bond motifs is 1. The molecule has 0 bridgehead atoms. The Labute approximate surface area is 95.2 Å². The minimum Gasteiger partial charge on any atom is -0.325 e. The van der Waals surface area contributed by atoms with Crippen LogP contribution in [0.2, 0.25) is 0 Å². The van der Waals surface area contributed by atoms with E-state index in [4.69, 9.17) is 5.73 Å². The van der Waals surface area contributed by atoms with Crippen molar-refractivity contribution in [2.75, 3.05) is 0 Å². The highest BCUT2D eigenvalue weighted by molar-refractivity contribution is 5.81. The van der Waals surface area contributed by atoms with Gasteiger partial charge in [-0.3, -0.25) is 4.68 Å². The maximum Gasteiger partial charge on any atom is 0.0838 e. The summed E-state index contributed by atoms with van der Waals surface area (Å²) in [5.74, 6) is 5.94. The van der Waals surface area contributed by atoms with Crippen molar-refractivity contribution >= 4 is 10.9 Å². The van der Waals surface area contributed by atoms with Crippen molar-refractivity contribution in [2.45, 2.75) is 26.4 Å². The molecule has 2 N–H and O–H groups in total. The lowest BCUT2D eigenvalue weighted by molar-refractivity contribution is 0.639. The Morgan fingerprint density at radius 2 is 2.19 bits per heavy atom. The Kier molecular flexibility index (Phi) is 3.23. The molecule has 0 fully saturated rings.